The molecule has 0 unspecified atom stereocenters. The van der Waals surface area contributed by atoms with E-state index in [-0.39, 0.29) is 16.7 Å². The highest BCUT2D eigenvalue weighted by atomic mass is 79.9. The third-order valence-corrected chi connectivity index (χ3v) is 4.53. The van der Waals surface area contributed by atoms with Crippen LogP contribution in [0.1, 0.15) is 6.42 Å². The van der Waals surface area contributed by atoms with Gasteiger partial charge in [0.15, 0.2) is 5.82 Å². The molecule has 0 saturated heterocycles. The maximum atomic E-state index is 13.8. The summed E-state index contributed by atoms with van der Waals surface area (Å²) >= 11 is 2.93. The van der Waals surface area contributed by atoms with Gasteiger partial charge in [0.2, 0.25) is 10.0 Å². The summed E-state index contributed by atoms with van der Waals surface area (Å²) in [6.45, 7) is 1.45. The van der Waals surface area contributed by atoms with E-state index in [0.29, 0.717) is 26.2 Å². The summed E-state index contributed by atoms with van der Waals surface area (Å²) in [5.74, 6) is -0.868. The molecule has 6 nitrogen and oxygen atoms in total. The van der Waals surface area contributed by atoms with Gasteiger partial charge in [0, 0.05) is 25.9 Å². The van der Waals surface area contributed by atoms with Crippen molar-refractivity contribution in [1.29, 1.82) is 0 Å². The second kappa shape index (κ2) is 8.64. The summed E-state index contributed by atoms with van der Waals surface area (Å²) < 4.78 is 50.1. The minimum Gasteiger partial charge on any atom is -0.399 e. The van der Waals surface area contributed by atoms with E-state index in [0.717, 1.165) is 6.07 Å². The Labute approximate surface area is 132 Å². The Balaban J connectivity index is 2.55. The largest absolute Gasteiger partial charge is 0.399 e. The molecule has 21 heavy (non-hydrogen) atoms. The van der Waals surface area contributed by atoms with Crippen LogP contribution in [0.3, 0.4) is 0 Å². The van der Waals surface area contributed by atoms with Gasteiger partial charge in [-0.3, -0.25) is 0 Å². The summed E-state index contributed by atoms with van der Waals surface area (Å²) in [7, 11) is -2.38. The summed E-state index contributed by atoms with van der Waals surface area (Å²) in [5, 5.41) is 0. The predicted molar refractivity (Wildman–Crippen MR) is 81.0 cm³/mol. The van der Waals surface area contributed by atoms with E-state index >= 15 is 0 Å². The maximum absolute atomic E-state index is 13.8. The lowest BCUT2D eigenvalue weighted by atomic mass is 10.3. The number of halogens is 2. The van der Waals surface area contributed by atoms with Crippen molar-refractivity contribution >= 4 is 31.6 Å². The summed E-state index contributed by atoms with van der Waals surface area (Å²) in [6.07, 6.45) is 0.466. The van der Waals surface area contributed by atoms with Crippen LogP contribution in [0.15, 0.2) is 21.5 Å². The van der Waals surface area contributed by atoms with E-state index in [1.807, 2.05) is 0 Å². The Morgan fingerprint density at radius 3 is 2.71 bits per heavy atom. The van der Waals surface area contributed by atoms with Crippen molar-refractivity contribution in [1.82, 2.24) is 4.72 Å². The van der Waals surface area contributed by atoms with Gasteiger partial charge in [0.1, 0.15) is 4.90 Å². The van der Waals surface area contributed by atoms with Crippen molar-refractivity contribution in [3.63, 3.8) is 0 Å². The van der Waals surface area contributed by atoms with Gasteiger partial charge in [-0.2, -0.15) is 0 Å². The molecule has 0 heterocycles. The second-order valence-corrected chi connectivity index (χ2v) is 6.76. The number of hydrogen-bond acceptors (Lipinski definition) is 5. The molecule has 0 atom stereocenters. The first-order valence-corrected chi connectivity index (χ1v) is 8.47. The number of nitrogen functional groups attached to an aromatic ring is 1. The lowest BCUT2D eigenvalue weighted by molar-refractivity contribution is 0.0699. The number of nitrogens with two attached hydrogens (primary N) is 1. The molecule has 0 aliphatic carbocycles. The fourth-order valence-corrected chi connectivity index (χ4v) is 3.30. The topological polar surface area (TPSA) is 90.6 Å². The monoisotopic (exact) mass is 384 g/mol. The zero-order valence-corrected chi connectivity index (χ0v) is 14.0. The maximum Gasteiger partial charge on any atom is 0.243 e. The van der Waals surface area contributed by atoms with E-state index in [4.69, 9.17) is 15.2 Å². The Morgan fingerprint density at radius 1 is 1.33 bits per heavy atom. The Hall–Kier alpha value is -0.740. The van der Waals surface area contributed by atoms with E-state index in [1.165, 1.54) is 6.07 Å². The summed E-state index contributed by atoms with van der Waals surface area (Å²) in [4.78, 5) is -0.477. The number of benzene rings is 1. The molecule has 1 aromatic carbocycles. The van der Waals surface area contributed by atoms with Crippen molar-refractivity contribution in [2.24, 2.45) is 0 Å². The Bertz CT molecular complexity index is 569. The number of ether oxygens (including phenoxy) is 2. The van der Waals surface area contributed by atoms with Crippen molar-refractivity contribution in [3.05, 3.63) is 22.4 Å². The molecule has 0 fully saturated rings. The lowest BCUT2D eigenvalue weighted by Gasteiger charge is -2.10. The van der Waals surface area contributed by atoms with Crippen molar-refractivity contribution in [2.45, 2.75) is 11.3 Å². The molecular formula is C12H18BrFN2O4S. The van der Waals surface area contributed by atoms with Crippen molar-refractivity contribution in [2.75, 3.05) is 39.2 Å². The zero-order chi connectivity index (χ0) is 15.9. The van der Waals surface area contributed by atoms with Gasteiger partial charge in [-0.15, -0.1) is 0 Å². The van der Waals surface area contributed by atoms with Crippen LogP contribution in [0, 0.1) is 5.82 Å². The lowest BCUT2D eigenvalue weighted by Crippen LogP contribution is -2.26. The first-order valence-electron chi connectivity index (χ1n) is 6.19. The highest BCUT2D eigenvalue weighted by molar-refractivity contribution is 9.10. The quantitative estimate of drug-likeness (QED) is 0.497. The molecule has 120 valence electrons. The van der Waals surface area contributed by atoms with Crippen LogP contribution in [0.5, 0.6) is 0 Å². The van der Waals surface area contributed by atoms with Crippen LogP contribution in [0.2, 0.25) is 0 Å². The van der Waals surface area contributed by atoms with Crippen molar-refractivity contribution < 1.29 is 22.3 Å². The fourth-order valence-electron chi connectivity index (χ4n) is 1.48. The molecule has 0 saturated carbocycles. The minimum absolute atomic E-state index is 0.00535. The predicted octanol–water partition coefficient (Wildman–Crippen LogP) is 1.50. The molecular weight excluding hydrogens is 367 g/mol. The number of rotatable bonds is 9. The highest BCUT2D eigenvalue weighted by Gasteiger charge is 2.21. The van der Waals surface area contributed by atoms with Gasteiger partial charge >= 0.3 is 0 Å². The third kappa shape index (κ3) is 5.87. The highest BCUT2D eigenvalue weighted by Crippen LogP contribution is 2.25. The molecule has 0 aliphatic heterocycles. The SMILES string of the molecule is COCCOCCCNS(=O)(=O)c1cc(N)cc(Br)c1F. The van der Waals surface area contributed by atoms with Crippen LogP contribution >= 0.6 is 15.9 Å². The average molecular weight is 385 g/mol. The van der Waals surface area contributed by atoms with Gasteiger partial charge in [-0.05, 0) is 34.5 Å². The third-order valence-electron chi connectivity index (χ3n) is 2.50. The van der Waals surface area contributed by atoms with Crippen LogP contribution < -0.4 is 10.5 Å². The van der Waals surface area contributed by atoms with Gasteiger partial charge in [-0.25, -0.2) is 17.5 Å². The molecule has 0 aromatic heterocycles. The molecule has 0 aliphatic rings. The first-order chi connectivity index (χ1) is 9.88. The number of anilines is 1. The first kappa shape index (κ1) is 18.3. The number of hydrogen-bond donors (Lipinski definition) is 2. The second-order valence-electron chi connectivity index (χ2n) is 4.17. The molecule has 0 spiro atoms. The van der Waals surface area contributed by atoms with Crippen molar-refractivity contribution in [3.8, 4) is 0 Å². The minimum atomic E-state index is -3.95. The fraction of sp³-hybridized carbons (Fsp3) is 0.500. The molecule has 0 amide bonds. The molecule has 9 heteroatoms. The smallest absolute Gasteiger partial charge is 0.243 e. The van der Waals surface area contributed by atoms with Crippen LogP contribution in [0.25, 0.3) is 0 Å². The summed E-state index contributed by atoms with van der Waals surface area (Å²) in [5.41, 5.74) is 5.69. The summed E-state index contributed by atoms with van der Waals surface area (Å²) in [6, 6.07) is 2.38. The van der Waals surface area contributed by atoms with Gasteiger partial charge < -0.3 is 15.2 Å². The van der Waals surface area contributed by atoms with Gasteiger partial charge in [-0.1, -0.05) is 0 Å². The Morgan fingerprint density at radius 2 is 2.05 bits per heavy atom. The molecule has 1 aromatic rings. The number of methoxy groups -OCH3 is 1. The van der Waals surface area contributed by atoms with E-state index in [1.54, 1.807) is 7.11 Å². The molecule has 3 N–H and O–H groups in total. The average Bonchev–Trinajstić information content (AvgIpc) is 2.41. The standard InChI is InChI=1S/C12H18BrFN2O4S/c1-19-5-6-20-4-2-3-16-21(17,18)11-8-9(15)7-10(13)12(11)14/h7-8,16H,2-6,15H2,1H3. The number of sulfonamides is 1. The van der Waals surface area contributed by atoms with Crippen LogP contribution in [-0.2, 0) is 19.5 Å². The van der Waals surface area contributed by atoms with E-state index in [9.17, 15) is 12.8 Å². The normalized spacial score (nSPS) is 11.8. The van der Waals surface area contributed by atoms with Crippen LogP contribution in [0.4, 0.5) is 10.1 Å². The van der Waals surface area contributed by atoms with Crippen LogP contribution in [-0.4, -0.2) is 41.9 Å². The van der Waals surface area contributed by atoms with E-state index < -0.39 is 20.7 Å². The Kier molecular flexibility index (Phi) is 7.53. The van der Waals surface area contributed by atoms with Gasteiger partial charge in [0.05, 0.1) is 17.7 Å². The van der Waals surface area contributed by atoms with Gasteiger partial charge in [0.25, 0.3) is 0 Å². The number of nitrogens with one attached hydrogen (secondary N) is 1. The molecule has 0 radical (unpaired) electrons. The molecule has 1 rings (SSSR count). The molecule has 0 bridgehead atoms. The zero-order valence-electron chi connectivity index (χ0n) is 11.6. The van der Waals surface area contributed by atoms with E-state index in [2.05, 4.69) is 20.7 Å².